The van der Waals surface area contributed by atoms with Crippen molar-refractivity contribution in [3.63, 3.8) is 0 Å². The maximum Gasteiger partial charge on any atom is 0.305 e. The Bertz CT molecular complexity index is 1100. The molecule has 65 heavy (non-hydrogen) atoms. The number of hydrogen-bond acceptors (Lipinski definition) is 5. The van der Waals surface area contributed by atoms with Crippen LogP contribution in [0.5, 0.6) is 0 Å². The standard InChI is InChI=1S/C59H109NO5/c1-3-5-7-9-11-13-15-17-19-21-25-29-33-37-41-45-49-53-59(64)65-54-50-46-42-38-34-30-26-22-24-28-32-36-40-44-48-52-58(63)60-56(55-61)57(62)51-47-43-39-35-31-27-23-20-18-16-14-12-10-8-6-4-2/h11,13,17,19,22,26,30,34,56-57,61-62H,3-10,12,14-16,18,20-21,23-25,27-29,31-33,35-55H2,1-2H3,(H,60,63)/b13-11-,19-17-,26-22-,34-30-. The number of aliphatic hydroxyl groups is 2. The van der Waals surface area contributed by atoms with Gasteiger partial charge in [-0.25, -0.2) is 0 Å². The Labute approximate surface area is 404 Å². The van der Waals surface area contributed by atoms with Crippen molar-refractivity contribution in [2.24, 2.45) is 0 Å². The average Bonchev–Trinajstić information content (AvgIpc) is 3.31. The van der Waals surface area contributed by atoms with Gasteiger partial charge in [-0.3, -0.25) is 9.59 Å². The van der Waals surface area contributed by atoms with Crippen molar-refractivity contribution < 1.29 is 24.5 Å². The second-order valence-corrected chi connectivity index (χ2v) is 19.3. The highest BCUT2D eigenvalue weighted by atomic mass is 16.5. The van der Waals surface area contributed by atoms with E-state index < -0.39 is 12.1 Å². The molecule has 0 aliphatic heterocycles. The van der Waals surface area contributed by atoms with Gasteiger partial charge in [-0.15, -0.1) is 0 Å². The van der Waals surface area contributed by atoms with Gasteiger partial charge in [0.1, 0.15) is 0 Å². The van der Waals surface area contributed by atoms with Crippen LogP contribution < -0.4 is 5.32 Å². The molecule has 2 atom stereocenters. The normalized spacial score (nSPS) is 13.0. The Hall–Kier alpha value is -2.18. The third-order valence-electron chi connectivity index (χ3n) is 12.9. The van der Waals surface area contributed by atoms with E-state index in [0.29, 0.717) is 25.9 Å². The van der Waals surface area contributed by atoms with Gasteiger partial charge < -0.3 is 20.3 Å². The predicted octanol–water partition coefficient (Wildman–Crippen LogP) is 17.4. The topological polar surface area (TPSA) is 95.9 Å². The molecule has 2 unspecified atom stereocenters. The van der Waals surface area contributed by atoms with Crippen LogP contribution >= 0.6 is 0 Å². The number of ether oxygens (including phenoxy) is 1. The lowest BCUT2D eigenvalue weighted by atomic mass is 10.0. The monoisotopic (exact) mass is 912 g/mol. The first-order valence-electron chi connectivity index (χ1n) is 28.4. The molecule has 6 nitrogen and oxygen atoms in total. The molecule has 1 amide bonds. The minimum absolute atomic E-state index is 0.0297. The summed E-state index contributed by atoms with van der Waals surface area (Å²) < 4.78 is 5.45. The zero-order valence-electron chi connectivity index (χ0n) is 43.2. The number of amides is 1. The summed E-state index contributed by atoms with van der Waals surface area (Å²) in [4.78, 5) is 24.5. The number of esters is 1. The van der Waals surface area contributed by atoms with Gasteiger partial charge >= 0.3 is 5.97 Å². The largest absolute Gasteiger partial charge is 0.466 e. The highest BCUT2D eigenvalue weighted by Gasteiger charge is 2.20. The third kappa shape index (κ3) is 51.1. The maximum atomic E-state index is 12.5. The van der Waals surface area contributed by atoms with Crippen LogP contribution in [0.25, 0.3) is 0 Å². The summed E-state index contributed by atoms with van der Waals surface area (Å²) in [6.07, 6.45) is 68.1. The smallest absolute Gasteiger partial charge is 0.305 e. The van der Waals surface area contributed by atoms with E-state index in [4.69, 9.17) is 4.74 Å². The molecule has 3 N–H and O–H groups in total. The number of hydrogen-bond donors (Lipinski definition) is 3. The number of aliphatic hydroxyl groups excluding tert-OH is 2. The zero-order chi connectivity index (χ0) is 47.2. The number of allylic oxidation sites excluding steroid dienone is 8. The summed E-state index contributed by atoms with van der Waals surface area (Å²) in [5.74, 6) is -0.0873. The molecule has 0 aromatic carbocycles. The lowest BCUT2D eigenvalue weighted by Crippen LogP contribution is -2.45. The molecule has 0 saturated heterocycles. The van der Waals surface area contributed by atoms with E-state index in [1.165, 1.54) is 173 Å². The first kappa shape index (κ1) is 62.8. The molecule has 0 aromatic heterocycles. The summed E-state index contributed by atoms with van der Waals surface area (Å²) in [6.45, 7) is 4.87. The van der Waals surface area contributed by atoms with Crippen LogP contribution in [0.4, 0.5) is 0 Å². The number of carbonyl (C=O) groups is 2. The van der Waals surface area contributed by atoms with Gasteiger partial charge in [0.25, 0.3) is 0 Å². The minimum atomic E-state index is -0.680. The lowest BCUT2D eigenvalue weighted by molar-refractivity contribution is -0.143. The predicted molar refractivity (Wildman–Crippen MR) is 282 cm³/mol. The van der Waals surface area contributed by atoms with Gasteiger partial charge in [-0.1, -0.05) is 236 Å². The van der Waals surface area contributed by atoms with Crippen molar-refractivity contribution in [1.29, 1.82) is 0 Å². The fourth-order valence-electron chi connectivity index (χ4n) is 8.48. The van der Waals surface area contributed by atoms with Crippen LogP contribution in [-0.2, 0) is 14.3 Å². The summed E-state index contributed by atoms with van der Waals surface area (Å²) in [5.41, 5.74) is 0. The van der Waals surface area contributed by atoms with Crippen LogP contribution in [0.1, 0.15) is 290 Å². The molecule has 6 heteroatoms. The second-order valence-electron chi connectivity index (χ2n) is 19.3. The highest BCUT2D eigenvalue weighted by molar-refractivity contribution is 5.76. The van der Waals surface area contributed by atoms with E-state index in [1.807, 2.05) is 0 Å². The quantitative estimate of drug-likeness (QED) is 0.0245. The average molecular weight is 913 g/mol. The fourth-order valence-corrected chi connectivity index (χ4v) is 8.48. The van der Waals surface area contributed by atoms with E-state index in [-0.39, 0.29) is 18.5 Å². The van der Waals surface area contributed by atoms with Gasteiger partial charge in [0, 0.05) is 12.8 Å². The van der Waals surface area contributed by atoms with Gasteiger partial charge in [0.15, 0.2) is 0 Å². The Morgan fingerprint density at radius 2 is 0.815 bits per heavy atom. The van der Waals surface area contributed by atoms with Crippen molar-refractivity contribution in [3.8, 4) is 0 Å². The molecule has 0 rings (SSSR count). The number of unbranched alkanes of at least 4 members (excludes halogenated alkanes) is 34. The van der Waals surface area contributed by atoms with Crippen molar-refractivity contribution in [3.05, 3.63) is 48.6 Å². The summed E-state index contributed by atoms with van der Waals surface area (Å²) in [5, 5.41) is 23.3. The first-order chi connectivity index (χ1) is 32.0. The van der Waals surface area contributed by atoms with E-state index in [0.717, 1.165) is 83.5 Å². The lowest BCUT2D eigenvalue weighted by Gasteiger charge is -2.22. The van der Waals surface area contributed by atoms with Crippen LogP contribution in [0.15, 0.2) is 48.6 Å². The minimum Gasteiger partial charge on any atom is -0.466 e. The molecule has 0 radical (unpaired) electrons. The molecule has 0 fully saturated rings. The van der Waals surface area contributed by atoms with Crippen molar-refractivity contribution >= 4 is 11.9 Å². The molecule has 0 saturated carbocycles. The van der Waals surface area contributed by atoms with E-state index in [2.05, 4.69) is 67.8 Å². The summed E-state index contributed by atoms with van der Waals surface area (Å²) in [6, 6.07) is -0.559. The first-order valence-corrected chi connectivity index (χ1v) is 28.4. The Kier molecular flexibility index (Phi) is 52.6. The zero-order valence-corrected chi connectivity index (χ0v) is 43.2. The molecule has 0 spiro atoms. The Balaban J connectivity index is 3.52. The number of rotatable bonds is 52. The highest BCUT2D eigenvalue weighted by Crippen LogP contribution is 2.16. The fraction of sp³-hybridized carbons (Fsp3) is 0.831. The van der Waals surface area contributed by atoms with E-state index in [1.54, 1.807) is 0 Å². The Morgan fingerprint density at radius 1 is 0.446 bits per heavy atom. The van der Waals surface area contributed by atoms with Crippen LogP contribution in [0.2, 0.25) is 0 Å². The van der Waals surface area contributed by atoms with Crippen LogP contribution in [0.3, 0.4) is 0 Å². The Morgan fingerprint density at radius 3 is 1.29 bits per heavy atom. The van der Waals surface area contributed by atoms with Crippen molar-refractivity contribution in [2.75, 3.05) is 13.2 Å². The second kappa shape index (κ2) is 54.4. The molecule has 380 valence electrons. The number of carbonyl (C=O) groups excluding carboxylic acids is 2. The maximum absolute atomic E-state index is 12.5. The molecule has 0 aromatic rings. The molecular formula is C59H109NO5. The van der Waals surface area contributed by atoms with Gasteiger partial charge in [0.05, 0.1) is 25.4 Å². The SMILES string of the molecule is CCCCC/C=C\C/C=C\CCCCCCCCCC(=O)OCCCCC/C=C\C=C/CCCCCCCCC(=O)NC(CO)C(O)CCCCCCCCCCCCCCCCCC. The molecular weight excluding hydrogens is 803 g/mol. The molecule has 0 heterocycles. The summed E-state index contributed by atoms with van der Waals surface area (Å²) >= 11 is 0. The van der Waals surface area contributed by atoms with E-state index in [9.17, 15) is 19.8 Å². The third-order valence-corrected chi connectivity index (χ3v) is 12.9. The van der Waals surface area contributed by atoms with Crippen LogP contribution in [-0.4, -0.2) is 47.4 Å². The van der Waals surface area contributed by atoms with Crippen LogP contribution in [0, 0.1) is 0 Å². The summed E-state index contributed by atoms with van der Waals surface area (Å²) in [7, 11) is 0. The van der Waals surface area contributed by atoms with Gasteiger partial charge in [-0.05, 0) is 89.9 Å². The van der Waals surface area contributed by atoms with Crippen molar-refractivity contribution in [1.82, 2.24) is 5.32 Å². The van der Waals surface area contributed by atoms with Crippen molar-refractivity contribution in [2.45, 2.75) is 302 Å². The molecule has 0 aliphatic rings. The van der Waals surface area contributed by atoms with Gasteiger partial charge in [-0.2, -0.15) is 0 Å². The number of nitrogens with one attached hydrogen (secondary N) is 1. The molecule has 0 bridgehead atoms. The van der Waals surface area contributed by atoms with E-state index >= 15 is 0 Å². The molecule has 0 aliphatic carbocycles. The van der Waals surface area contributed by atoms with Gasteiger partial charge in [0.2, 0.25) is 5.91 Å².